The number of anilines is 1. The summed E-state index contributed by atoms with van der Waals surface area (Å²) >= 11 is 0. The molecule has 0 saturated heterocycles. The van der Waals surface area contributed by atoms with E-state index in [1.165, 1.54) is 19.3 Å². The zero-order chi connectivity index (χ0) is 16.5. The Bertz CT molecular complexity index is 733. The van der Waals surface area contributed by atoms with E-state index in [1.807, 2.05) is 36.4 Å². The van der Waals surface area contributed by atoms with Crippen LogP contribution in [0.25, 0.3) is 12.2 Å². The molecular formula is C19H17NO3. The average Bonchev–Trinajstić information content (AvgIpc) is 2.59. The molecule has 1 N–H and O–H groups in total. The summed E-state index contributed by atoms with van der Waals surface area (Å²) in [4.78, 5) is 23.0. The Morgan fingerprint density at radius 3 is 2.35 bits per heavy atom. The molecule has 0 saturated carbocycles. The van der Waals surface area contributed by atoms with Gasteiger partial charge in [-0.15, -0.1) is 0 Å². The zero-order valence-corrected chi connectivity index (χ0v) is 12.7. The fourth-order valence-corrected chi connectivity index (χ4v) is 1.87. The number of nitrogens with one attached hydrogen (secondary N) is 1. The zero-order valence-electron chi connectivity index (χ0n) is 12.7. The lowest BCUT2D eigenvalue weighted by atomic mass is 10.2. The van der Waals surface area contributed by atoms with Crippen LogP contribution in [0.2, 0.25) is 0 Å². The Morgan fingerprint density at radius 2 is 1.61 bits per heavy atom. The molecule has 2 rings (SSSR count). The summed E-state index contributed by atoms with van der Waals surface area (Å²) in [6.07, 6.45) is 6.18. The van der Waals surface area contributed by atoms with Crippen LogP contribution < -0.4 is 5.32 Å². The van der Waals surface area contributed by atoms with Crippen molar-refractivity contribution in [3.63, 3.8) is 0 Å². The lowest BCUT2D eigenvalue weighted by Crippen LogP contribution is -2.07. The highest BCUT2D eigenvalue weighted by molar-refractivity contribution is 6.02. The van der Waals surface area contributed by atoms with E-state index < -0.39 is 5.97 Å². The van der Waals surface area contributed by atoms with E-state index in [2.05, 4.69) is 10.1 Å². The fourth-order valence-electron chi connectivity index (χ4n) is 1.87. The molecule has 0 bridgehead atoms. The monoisotopic (exact) mass is 307 g/mol. The Labute approximate surface area is 135 Å². The van der Waals surface area contributed by atoms with Gasteiger partial charge in [-0.2, -0.15) is 0 Å². The Morgan fingerprint density at radius 1 is 0.913 bits per heavy atom. The van der Waals surface area contributed by atoms with E-state index in [9.17, 15) is 9.59 Å². The maximum Gasteiger partial charge on any atom is 0.330 e. The maximum atomic E-state index is 11.9. The number of methoxy groups -OCH3 is 1. The minimum atomic E-state index is -0.426. The van der Waals surface area contributed by atoms with Gasteiger partial charge in [-0.25, -0.2) is 4.79 Å². The van der Waals surface area contributed by atoms with Gasteiger partial charge in [-0.1, -0.05) is 42.5 Å². The molecule has 0 radical (unpaired) electrons. The van der Waals surface area contributed by atoms with Crippen molar-refractivity contribution in [3.05, 3.63) is 77.9 Å². The van der Waals surface area contributed by atoms with Crippen LogP contribution in [0.5, 0.6) is 0 Å². The quantitative estimate of drug-likeness (QED) is 0.679. The third kappa shape index (κ3) is 5.63. The summed E-state index contributed by atoms with van der Waals surface area (Å²) in [5.74, 6) is -0.645. The molecule has 0 aliphatic carbocycles. The van der Waals surface area contributed by atoms with E-state index in [0.29, 0.717) is 5.69 Å². The maximum absolute atomic E-state index is 11.9. The number of hydrogen-bond acceptors (Lipinski definition) is 3. The summed E-state index contributed by atoms with van der Waals surface area (Å²) in [6.45, 7) is 0. The van der Waals surface area contributed by atoms with Gasteiger partial charge in [-0.05, 0) is 35.4 Å². The highest BCUT2D eigenvalue weighted by Crippen LogP contribution is 2.12. The molecule has 0 aliphatic heterocycles. The van der Waals surface area contributed by atoms with Crippen LogP contribution in [-0.2, 0) is 14.3 Å². The van der Waals surface area contributed by atoms with E-state index in [0.717, 1.165) is 11.1 Å². The smallest absolute Gasteiger partial charge is 0.330 e. The number of esters is 1. The number of ether oxygens (including phenoxy) is 1. The molecule has 2 aromatic rings. The topological polar surface area (TPSA) is 55.4 Å². The number of carbonyl (C=O) groups excluding carboxylic acids is 2. The van der Waals surface area contributed by atoms with Gasteiger partial charge in [0.25, 0.3) is 0 Å². The van der Waals surface area contributed by atoms with Gasteiger partial charge in [0, 0.05) is 17.8 Å². The number of rotatable bonds is 5. The Balaban J connectivity index is 2.00. The summed E-state index contributed by atoms with van der Waals surface area (Å²) in [6, 6.07) is 16.8. The van der Waals surface area contributed by atoms with Crippen LogP contribution in [0.15, 0.2) is 66.7 Å². The molecule has 0 atom stereocenters. The van der Waals surface area contributed by atoms with Crippen LogP contribution in [0.1, 0.15) is 11.1 Å². The van der Waals surface area contributed by atoms with Gasteiger partial charge >= 0.3 is 5.97 Å². The normalized spacial score (nSPS) is 10.8. The third-order valence-electron chi connectivity index (χ3n) is 2.99. The van der Waals surface area contributed by atoms with Crippen molar-refractivity contribution in [2.24, 2.45) is 0 Å². The number of carbonyl (C=O) groups is 2. The third-order valence-corrected chi connectivity index (χ3v) is 2.99. The van der Waals surface area contributed by atoms with Crippen molar-refractivity contribution < 1.29 is 14.3 Å². The van der Waals surface area contributed by atoms with Gasteiger partial charge in [0.05, 0.1) is 7.11 Å². The molecule has 116 valence electrons. The molecule has 0 unspecified atom stereocenters. The molecule has 1 amide bonds. The Kier molecular flexibility index (Phi) is 5.89. The molecule has 4 heteroatoms. The molecule has 0 fully saturated rings. The number of amides is 1. The molecule has 4 nitrogen and oxygen atoms in total. The first-order chi connectivity index (χ1) is 11.2. The van der Waals surface area contributed by atoms with E-state index in [4.69, 9.17) is 0 Å². The molecule has 23 heavy (non-hydrogen) atoms. The minimum absolute atomic E-state index is 0.219. The summed E-state index contributed by atoms with van der Waals surface area (Å²) < 4.78 is 4.54. The van der Waals surface area contributed by atoms with Gasteiger partial charge in [0.1, 0.15) is 0 Å². The predicted molar refractivity (Wildman–Crippen MR) is 91.6 cm³/mol. The highest BCUT2D eigenvalue weighted by atomic mass is 16.5. The molecule has 2 aromatic carbocycles. The highest BCUT2D eigenvalue weighted by Gasteiger charge is 1.99. The summed E-state index contributed by atoms with van der Waals surface area (Å²) in [5, 5.41) is 2.78. The molecule has 0 heterocycles. The number of benzene rings is 2. The van der Waals surface area contributed by atoms with Gasteiger partial charge in [-0.3, -0.25) is 4.79 Å². The molecule has 0 spiro atoms. The van der Waals surface area contributed by atoms with E-state index in [1.54, 1.807) is 30.4 Å². The lowest BCUT2D eigenvalue weighted by molar-refractivity contribution is -0.134. The van der Waals surface area contributed by atoms with E-state index >= 15 is 0 Å². The lowest BCUT2D eigenvalue weighted by Gasteiger charge is -2.03. The van der Waals surface area contributed by atoms with Crippen molar-refractivity contribution in [2.45, 2.75) is 0 Å². The van der Waals surface area contributed by atoms with Crippen molar-refractivity contribution in [1.82, 2.24) is 0 Å². The average molecular weight is 307 g/mol. The second-order valence-corrected chi connectivity index (χ2v) is 4.72. The van der Waals surface area contributed by atoms with Gasteiger partial charge in [0.15, 0.2) is 0 Å². The van der Waals surface area contributed by atoms with Crippen molar-refractivity contribution >= 4 is 29.7 Å². The van der Waals surface area contributed by atoms with Crippen molar-refractivity contribution in [3.8, 4) is 0 Å². The minimum Gasteiger partial charge on any atom is -0.466 e. The van der Waals surface area contributed by atoms with E-state index in [-0.39, 0.29) is 5.91 Å². The molecule has 0 aromatic heterocycles. The first-order valence-corrected chi connectivity index (χ1v) is 7.07. The van der Waals surface area contributed by atoms with Crippen LogP contribution in [0.4, 0.5) is 5.69 Å². The summed E-state index contributed by atoms with van der Waals surface area (Å²) in [5.41, 5.74) is 2.40. The SMILES string of the molecule is COC(=O)/C=C/c1cccc(NC(=O)/C=C/c2ccccc2)c1. The molecule has 0 aliphatic rings. The molecular weight excluding hydrogens is 290 g/mol. The fraction of sp³-hybridized carbons (Fsp3) is 0.0526. The second-order valence-electron chi connectivity index (χ2n) is 4.72. The van der Waals surface area contributed by atoms with Crippen LogP contribution in [0, 0.1) is 0 Å². The van der Waals surface area contributed by atoms with Crippen molar-refractivity contribution in [2.75, 3.05) is 12.4 Å². The predicted octanol–water partition coefficient (Wildman–Crippen LogP) is 3.52. The Hall–Kier alpha value is -3.14. The van der Waals surface area contributed by atoms with Gasteiger partial charge < -0.3 is 10.1 Å². The number of hydrogen-bond donors (Lipinski definition) is 1. The van der Waals surface area contributed by atoms with Gasteiger partial charge in [0.2, 0.25) is 5.91 Å². The van der Waals surface area contributed by atoms with Crippen LogP contribution in [0.3, 0.4) is 0 Å². The van der Waals surface area contributed by atoms with Crippen LogP contribution in [-0.4, -0.2) is 19.0 Å². The largest absolute Gasteiger partial charge is 0.466 e. The standard InChI is InChI=1S/C19H17NO3/c1-23-19(22)13-11-16-8-5-9-17(14-16)20-18(21)12-10-15-6-3-2-4-7-15/h2-14H,1H3,(H,20,21)/b12-10+,13-11+. The first-order valence-electron chi connectivity index (χ1n) is 7.07. The summed E-state index contributed by atoms with van der Waals surface area (Å²) in [7, 11) is 1.32. The van der Waals surface area contributed by atoms with Crippen molar-refractivity contribution in [1.29, 1.82) is 0 Å². The van der Waals surface area contributed by atoms with Crippen LogP contribution >= 0.6 is 0 Å². The second kappa shape index (κ2) is 8.34. The first kappa shape index (κ1) is 16.2.